The molecule has 5 nitrogen and oxygen atoms in total. The summed E-state index contributed by atoms with van der Waals surface area (Å²) in [6.07, 6.45) is 3.24. The minimum absolute atomic E-state index is 0.427. The molecule has 1 aromatic carbocycles. The number of benzene rings is 1. The summed E-state index contributed by atoms with van der Waals surface area (Å²) in [5.41, 5.74) is 8.93. The molecule has 1 aromatic heterocycles. The van der Waals surface area contributed by atoms with Crippen LogP contribution in [0.1, 0.15) is 15.9 Å². The Labute approximate surface area is 129 Å². The lowest BCUT2D eigenvalue weighted by atomic mass is 10.0. The molecular formula is C17H19N3O2. The Hall–Kier alpha value is -2.24. The summed E-state index contributed by atoms with van der Waals surface area (Å²) in [5.74, 6) is -0.459. The van der Waals surface area contributed by atoms with Gasteiger partial charge in [0, 0.05) is 37.6 Å². The number of carbonyl (C=O) groups excluding carboxylic acids is 1. The van der Waals surface area contributed by atoms with Gasteiger partial charge in [-0.2, -0.15) is 0 Å². The number of nitrogens with zero attached hydrogens (tertiary/aromatic N) is 2. The van der Waals surface area contributed by atoms with E-state index in [0.717, 1.165) is 44.0 Å². The summed E-state index contributed by atoms with van der Waals surface area (Å²) < 4.78 is 5.37. The third kappa shape index (κ3) is 3.50. The van der Waals surface area contributed by atoms with Crippen LogP contribution < -0.4 is 5.73 Å². The first-order valence-corrected chi connectivity index (χ1v) is 7.36. The monoisotopic (exact) mass is 297 g/mol. The topological polar surface area (TPSA) is 68.5 Å². The van der Waals surface area contributed by atoms with Gasteiger partial charge in [0.05, 0.1) is 18.8 Å². The number of hydrogen-bond acceptors (Lipinski definition) is 4. The van der Waals surface area contributed by atoms with Gasteiger partial charge in [0.1, 0.15) is 0 Å². The zero-order chi connectivity index (χ0) is 15.4. The van der Waals surface area contributed by atoms with Gasteiger partial charge in [-0.3, -0.25) is 14.7 Å². The van der Waals surface area contributed by atoms with E-state index < -0.39 is 5.91 Å². The molecule has 2 heterocycles. The van der Waals surface area contributed by atoms with Crippen molar-refractivity contribution in [3.63, 3.8) is 0 Å². The lowest BCUT2D eigenvalue weighted by Crippen LogP contribution is -2.35. The lowest BCUT2D eigenvalue weighted by Gasteiger charge is -2.26. The highest BCUT2D eigenvalue weighted by Crippen LogP contribution is 2.21. The van der Waals surface area contributed by atoms with Gasteiger partial charge in [-0.1, -0.05) is 18.2 Å². The van der Waals surface area contributed by atoms with Crippen molar-refractivity contribution in [3.05, 3.63) is 53.9 Å². The molecule has 0 aliphatic carbocycles. The molecule has 0 unspecified atom stereocenters. The quantitative estimate of drug-likeness (QED) is 0.932. The number of aromatic nitrogens is 1. The summed E-state index contributed by atoms with van der Waals surface area (Å²) >= 11 is 0. The summed E-state index contributed by atoms with van der Waals surface area (Å²) in [6, 6.07) is 10.1. The van der Waals surface area contributed by atoms with Crippen LogP contribution in [0.25, 0.3) is 11.1 Å². The Morgan fingerprint density at radius 1 is 1.18 bits per heavy atom. The molecule has 3 rings (SSSR count). The standard InChI is InChI=1S/C17H19N3O2/c18-17(21)16-9-15(10-19-11-16)14-3-1-2-13(8-14)12-20-4-6-22-7-5-20/h1-3,8-11H,4-7,12H2,(H2,18,21). The van der Waals surface area contributed by atoms with E-state index in [4.69, 9.17) is 10.5 Å². The molecule has 1 aliphatic rings. The van der Waals surface area contributed by atoms with Gasteiger partial charge in [-0.15, -0.1) is 0 Å². The third-order valence-electron chi connectivity index (χ3n) is 3.79. The van der Waals surface area contributed by atoms with E-state index in [0.29, 0.717) is 5.56 Å². The fourth-order valence-electron chi connectivity index (χ4n) is 2.60. The molecule has 22 heavy (non-hydrogen) atoms. The van der Waals surface area contributed by atoms with E-state index in [2.05, 4.69) is 22.0 Å². The summed E-state index contributed by atoms with van der Waals surface area (Å²) in [5, 5.41) is 0. The van der Waals surface area contributed by atoms with Crippen LogP contribution in [0, 0.1) is 0 Å². The molecule has 0 spiro atoms. The smallest absolute Gasteiger partial charge is 0.250 e. The summed E-state index contributed by atoms with van der Waals surface area (Å²) in [6.45, 7) is 4.42. The van der Waals surface area contributed by atoms with Gasteiger partial charge in [0.2, 0.25) is 5.91 Å². The van der Waals surface area contributed by atoms with Crippen molar-refractivity contribution in [2.45, 2.75) is 6.54 Å². The number of nitrogens with two attached hydrogens (primary N) is 1. The Bertz CT molecular complexity index is 666. The second-order valence-corrected chi connectivity index (χ2v) is 5.42. The minimum atomic E-state index is -0.459. The van der Waals surface area contributed by atoms with Crippen molar-refractivity contribution in [1.82, 2.24) is 9.88 Å². The average Bonchev–Trinajstić information content (AvgIpc) is 2.56. The van der Waals surface area contributed by atoms with Gasteiger partial charge >= 0.3 is 0 Å². The fraction of sp³-hybridized carbons (Fsp3) is 0.294. The van der Waals surface area contributed by atoms with Crippen LogP contribution in [0.15, 0.2) is 42.7 Å². The van der Waals surface area contributed by atoms with Gasteiger partial charge in [-0.05, 0) is 23.3 Å². The first-order chi connectivity index (χ1) is 10.7. The second-order valence-electron chi connectivity index (χ2n) is 5.42. The number of carbonyl (C=O) groups is 1. The van der Waals surface area contributed by atoms with Crippen molar-refractivity contribution in [2.24, 2.45) is 5.73 Å². The maximum absolute atomic E-state index is 11.3. The first-order valence-electron chi connectivity index (χ1n) is 7.36. The highest BCUT2D eigenvalue weighted by atomic mass is 16.5. The fourth-order valence-corrected chi connectivity index (χ4v) is 2.60. The van der Waals surface area contributed by atoms with E-state index in [1.54, 1.807) is 12.3 Å². The van der Waals surface area contributed by atoms with Crippen molar-refractivity contribution in [1.29, 1.82) is 0 Å². The number of amides is 1. The molecule has 0 radical (unpaired) electrons. The normalized spacial score (nSPS) is 15.6. The van der Waals surface area contributed by atoms with Crippen LogP contribution in [0.3, 0.4) is 0 Å². The first kappa shape index (κ1) is 14.7. The number of morpholine rings is 1. The largest absolute Gasteiger partial charge is 0.379 e. The van der Waals surface area contributed by atoms with Gasteiger partial charge in [-0.25, -0.2) is 0 Å². The molecular weight excluding hydrogens is 278 g/mol. The summed E-state index contributed by atoms with van der Waals surface area (Å²) in [4.78, 5) is 17.8. The van der Waals surface area contributed by atoms with Crippen molar-refractivity contribution in [2.75, 3.05) is 26.3 Å². The molecule has 1 fully saturated rings. The SMILES string of the molecule is NC(=O)c1cncc(-c2cccc(CN3CCOCC3)c2)c1. The minimum Gasteiger partial charge on any atom is -0.379 e. The predicted octanol–water partition coefficient (Wildman–Crippen LogP) is 1.68. The van der Waals surface area contributed by atoms with E-state index >= 15 is 0 Å². The number of rotatable bonds is 4. The van der Waals surface area contributed by atoms with E-state index in [9.17, 15) is 4.79 Å². The maximum atomic E-state index is 11.3. The number of primary amides is 1. The third-order valence-corrected chi connectivity index (χ3v) is 3.79. The molecule has 1 aliphatic heterocycles. The molecule has 114 valence electrons. The lowest BCUT2D eigenvalue weighted by molar-refractivity contribution is 0.0342. The van der Waals surface area contributed by atoms with Crippen LogP contribution in [0.5, 0.6) is 0 Å². The molecule has 0 atom stereocenters. The van der Waals surface area contributed by atoms with Crippen LogP contribution in [0.4, 0.5) is 0 Å². The molecule has 0 bridgehead atoms. The Morgan fingerprint density at radius 2 is 2.00 bits per heavy atom. The second kappa shape index (κ2) is 6.68. The Kier molecular flexibility index (Phi) is 4.46. The highest BCUT2D eigenvalue weighted by Gasteiger charge is 2.11. The number of ether oxygens (including phenoxy) is 1. The number of pyridine rings is 1. The molecule has 0 saturated carbocycles. The van der Waals surface area contributed by atoms with Crippen LogP contribution in [-0.4, -0.2) is 42.1 Å². The van der Waals surface area contributed by atoms with Gasteiger partial charge < -0.3 is 10.5 Å². The van der Waals surface area contributed by atoms with Crippen molar-refractivity contribution in [3.8, 4) is 11.1 Å². The van der Waals surface area contributed by atoms with Crippen LogP contribution >= 0.6 is 0 Å². The van der Waals surface area contributed by atoms with E-state index in [-0.39, 0.29) is 0 Å². The molecule has 1 saturated heterocycles. The Balaban J connectivity index is 1.81. The van der Waals surface area contributed by atoms with E-state index in [1.165, 1.54) is 11.8 Å². The van der Waals surface area contributed by atoms with Gasteiger partial charge in [0.15, 0.2) is 0 Å². The van der Waals surface area contributed by atoms with E-state index in [1.807, 2.05) is 12.1 Å². The molecule has 2 aromatic rings. The zero-order valence-corrected chi connectivity index (χ0v) is 12.4. The molecule has 2 N–H and O–H groups in total. The highest BCUT2D eigenvalue weighted by molar-refractivity contribution is 5.93. The van der Waals surface area contributed by atoms with Crippen molar-refractivity contribution >= 4 is 5.91 Å². The zero-order valence-electron chi connectivity index (χ0n) is 12.4. The van der Waals surface area contributed by atoms with Crippen molar-refractivity contribution < 1.29 is 9.53 Å². The predicted molar refractivity (Wildman–Crippen MR) is 84.3 cm³/mol. The average molecular weight is 297 g/mol. The molecule has 5 heteroatoms. The molecule has 1 amide bonds. The summed E-state index contributed by atoms with van der Waals surface area (Å²) in [7, 11) is 0. The maximum Gasteiger partial charge on any atom is 0.250 e. The Morgan fingerprint density at radius 3 is 2.77 bits per heavy atom. The van der Waals surface area contributed by atoms with Gasteiger partial charge in [0.25, 0.3) is 0 Å². The van der Waals surface area contributed by atoms with Crippen LogP contribution in [0.2, 0.25) is 0 Å². The number of hydrogen-bond donors (Lipinski definition) is 1. The van der Waals surface area contributed by atoms with Crippen LogP contribution in [-0.2, 0) is 11.3 Å².